The van der Waals surface area contributed by atoms with Crippen LogP contribution in [0.2, 0.25) is 0 Å². The Bertz CT molecular complexity index is 418. The summed E-state index contributed by atoms with van der Waals surface area (Å²) in [7, 11) is 0. The molecule has 3 rings (SSSR count). The second-order valence-corrected chi connectivity index (χ2v) is 4.79. The number of fused-ring (bicyclic) bond motifs is 2. The third-order valence-corrected chi connectivity index (χ3v) is 3.61. The molecule has 0 unspecified atom stereocenters. The first-order valence-electron chi connectivity index (χ1n) is 6.38. The lowest BCUT2D eigenvalue weighted by Crippen LogP contribution is -2.05. The van der Waals surface area contributed by atoms with Crippen molar-refractivity contribution in [2.45, 2.75) is 38.5 Å². The molecule has 0 radical (unpaired) electrons. The van der Waals surface area contributed by atoms with Gasteiger partial charge in [0.25, 0.3) is 0 Å². The predicted molar refractivity (Wildman–Crippen MR) is 66.8 cm³/mol. The van der Waals surface area contributed by atoms with Crippen molar-refractivity contribution in [3.05, 3.63) is 34.9 Å². The van der Waals surface area contributed by atoms with E-state index in [4.69, 9.17) is 4.74 Å². The zero-order valence-corrected chi connectivity index (χ0v) is 9.67. The molecule has 0 N–H and O–H groups in total. The third-order valence-electron chi connectivity index (χ3n) is 3.61. The van der Waals surface area contributed by atoms with Gasteiger partial charge in [0.1, 0.15) is 12.4 Å². The Morgan fingerprint density at radius 2 is 1.62 bits per heavy atom. The lowest BCUT2D eigenvalue weighted by atomic mass is 9.91. The minimum absolute atomic E-state index is 0.728. The maximum absolute atomic E-state index is 5.67. The van der Waals surface area contributed by atoms with E-state index in [1.54, 1.807) is 5.56 Å². The van der Waals surface area contributed by atoms with Crippen molar-refractivity contribution in [1.82, 2.24) is 0 Å². The van der Waals surface area contributed by atoms with E-state index in [-0.39, 0.29) is 0 Å². The van der Waals surface area contributed by atoms with E-state index >= 15 is 0 Å². The molecule has 0 aromatic heterocycles. The van der Waals surface area contributed by atoms with Crippen LogP contribution in [0.25, 0.3) is 6.08 Å². The van der Waals surface area contributed by atoms with Crippen molar-refractivity contribution in [2.75, 3.05) is 6.61 Å². The summed E-state index contributed by atoms with van der Waals surface area (Å²) in [5.74, 6) is 1.09. The first-order valence-corrected chi connectivity index (χ1v) is 6.38. The summed E-state index contributed by atoms with van der Waals surface area (Å²) in [5, 5.41) is 0. The van der Waals surface area contributed by atoms with Gasteiger partial charge in [-0.05, 0) is 55.0 Å². The summed E-state index contributed by atoms with van der Waals surface area (Å²) in [6.07, 6.45) is 12.2. The maximum atomic E-state index is 5.67. The molecule has 1 aliphatic heterocycles. The van der Waals surface area contributed by atoms with Crippen LogP contribution < -0.4 is 4.74 Å². The van der Waals surface area contributed by atoms with E-state index in [1.807, 2.05) is 0 Å². The van der Waals surface area contributed by atoms with Crippen molar-refractivity contribution in [3.8, 4) is 5.75 Å². The molecule has 1 aromatic rings. The van der Waals surface area contributed by atoms with Gasteiger partial charge in [0.2, 0.25) is 0 Å². The third kappa shape index (κ3) is 1.87. The number of benzene rings is 1. The van der Waals surface area contributed by atoms with Gasteiger partial charge in [0, 0.05) is 5.56 Å². The number of ether oxygens (including phenoxy) is 1. The first kappa shape index (κ1) is 9.95. The van der Waals surface area contributed by atoms with Crippen molar-refractivity contribution >= 4 is 6.08 Å². The number of hydrogen-bond donors (Lipinski definition) is 0. The van der Waals surface area contributed by atoms with Gasteiger partial charge in [-0.3, -0.25) is 0 Å². The predicted octanol–water partition coefficient (Wildman–Crippen LogP) is 3.75. The highest BCUT2D eigenvalue weighted by Crippen LogP contribution is 2.30. The fourth-order valence-corrected chi connectivity index (χ4v) is 2.70. The molecule has 0 bridgehead atoms. The minimum atomic E-state index is 0.728. The second-order valence-electron chi connectivity index (χ2n) is 4.79. The average molecular weight is 214 g/mol. The topological polar surface area (TPSA) is 9.23 Å². The Hall–Kier alpha value is -1.24. The molecule has 1 aliphatic carbocycles. The highest BCUT2D eigenvalue weighted by Gasteiger charge is 2.12. The molecule has 1 heteroatoms. The summed E-state index contributed by atoms with van der Waals surface area (Å²) >= 11 is 0. The van der Waals surface area contributed by atoms with Gasteiger partial charge in [0.15, 0.2) is 0 Å². The fourth-order valence-electron chi connectivity index (χ4n) is 2.70. The van der Waals surface area contributed by atoms with Gasteiger partial charge in [-0.1, -0.05) is 18.9 Å². The highest BCUT2D eigenvalue weighted by atomic mass is 16.5. The van der Waals surface area contributed by atoms with Crippen LogP contribution in [0, 0.1) is 0 Å². The van der Waals surface area contributed by atoms with Crippen molar-refractivity contribution in [1.29, 1.82) is 0 Å². The lowest BCUT2D eigenvalue weighted by Gasteiger charge is -2.19. The zero-order chi connectivity index (χ0) is 10.8. The van der Waals surface area contributed by atoms with Crippen LogP contribution in [0.5, 0.6) is 5.75 Å². The number of rotatable bonds is 0. The van der Waals surface area contributed by atoms with Crippen LogP contribution in [-0.2, 0) is 12.8 Å². The normalized spacial score (nSPS) is 19.0. The van der Waals surface area contributed by atoms with E-state index < -0.39 is 0 Å². The molecule has 2 aliphatic rings. The molecule has 0 saturated heterocycles. The summed E-state index contributed by atoms with van der Waals surface area (Å²) in [4.78, 5) is 0. The first-order chi connectivity index (χ1) is 7.93. The monoisotopic (exact) mass is 214 g/mol. The van der Waals surface area contributed by atoms with E-state index in [1.165, 1.54) is 49.7 Å². The van der Waals surface area contributed by atoms with Crippen molar-refractivity contribution < 1.29 is 4.74 Å². The zero-order valence-electron chi connectivity index (χ0n) is 9.67. The Morgan fingerprint density at radius 1 is 0.875 bits per heavy atom. The van der Waals surface area contributed by atoms with Gasteiger partial charge < -0.3 is 4.74 Å². The molecule has 0 saturated carbocycles. The Labute approximate surface area is 97.1 Å². The molecular formula is C15H18O. The van der Waals surface area contributed by atoms with Crippen LogP contribution in [0.4, 0.5) is 0 Å². The molecule has 0 spiro atoms. The minimum Gasteiger partial charge on any atom is -0.489 e. The number of hydrogen-bond acceptors (Lipinski definition) is 1. The van der Waals surface area contributed by atoms with Gasteiger partial charge in [-0.2, -0.15) is 0 Å². The Balaban J connectivity index is 2.01. The van der Waals surface area contributed by atoms with Crippen molar-refractivity contribution in [2.24, 2.45) is 0 Å². The van der Waals surface area contributed by atoms with Crippen molar-refractivity contribution in [3.63, 3.8) is 0 Å². The maximum Gasteiger partial charge on any atom is 0.127 e. The molecule has 1 heterocycles. The second kappa shape index (κ2) is 4.32. The summed E-state index contributed by atoms with van der Waals surface area (Å²) in [5.41, 5.74) is 4.34. The molecule has 16 heavy (non-hydrogen) atoms. The van der Waals surface area contributed by atoms with Gasteiger partial charge in [-0.15, -0.1) is 0 Å². The summed E-state index contributed by atoms with van der Waals surface area (Å²) < 4.78 is 5.67. The van der Waals surface area contributed by atoms with Crippen LogP contribution in [0.3, 0.4) is 0 Å². The van der Waals surface area contributed by atoms with Crippen LogP contribution >= 0.6 is 0 Å². The highest BCUT2D eigenvalue weighted by molar-refractivity contribution is 5.61. The standard InChI is InChI=1S/C15H18O/c1-2-4-7-13-11-15-14(8-5-9-16-15)10-12(13)6-3-1/h5,8,10-11H,1-4,6-7,9H2. The van der Waals surface area contributed by atoms with E-state index in [9.17, 15) is 0 Å². The van der Waals surface area contributed by atoms with Crippen LogP contribution in [0.15, 0.2) is 18.2 Å². The van der Waals surface area contributed by atoms with E-state index in [0.29, 0.717) is 0 Å². The van der Waals surface area contributed by atoms with Crippen LogP contribution in [-0.4, -0.2) is 6.61 Å². The van der Waals surface area contributed by atoms with Crippen LogP contribution in [0.1, 0.15) is 42.4 Å². The molecule has 1 aromatic carbocycles. The SMILES string of the molecule is C1=Cc2cc3c(cc2OC1)CCCCCC3. The molecule has 0 atom stereocenters. The molecule has 84 valence electrons. The average Bonchev–Trinajstić information content (AvgIpc) is 2.29. The van der Waals surface area contributed by atoms with E-state index in [0.717, 1.165) is 12.4 Å². The Morgan fingerprint density at radius 3 is 2.44 bits per heavy atom. The summed E-state index contributed by atoms with van der Waals surface area (Å²) in [6.45, 7) is 0.728. The van der Waals surface area contributed by atoms with Gasteiger partial charge >= 0.3 is 0 Å². The van der Waals surface area contributed by atoms with Gasteiger partial charge in [0.05, 0.1) is 0 Å². The number of aryl methyl sites for hydroxylation is 2. The Kier molecular flexibility index (Phi) is 2.69. The molecule has 0 fully saturated rings. The lowest BCUT2D eigenvalue weighted by molar-refractivity contribution is 0.358. The largest absolute Gasteiger partial charge is 0.489 e. The fraction of sp³-hybridized carbons (Fsp3) is 0.467. The quantitative estimate of drug-likeness (QED) is 0.639. The summed E-state index contributed by atoms with van der Waals surface area (Å²) in [6, 6.07) is 4.62. The van der Waals surface area contributed by atoms with Gasteiger partial charge in [-0.25, -0.2) is 0 Å². The molecular weight excluding hydrogens is 196 g/mol. The molecule has 0 amide bonds. The molecule has 1 nitrogen and oxygen atoms in total. The van der Waals surface area contributed by atoms with E-state index in [2.05, 4.69) is 24.3 Å². The smallest absolute Gasteiger partial charge is 0.127 e.